The van der Waals surface area contributed by atoms with E-state index in [1.807, 2.05) is 6.07 Å². The molecule has 1 aromatic carbocycles. The van der Waals surface area contributed by atoms with Gasteiger partial charge in [0.15, 0.2) is 0 Å². The number of anilines is 1. The molecule has 0 amide bonds. The topological polar surface area (TPSA) is 19.4 Å². The molecule has 0 unspecified atom stereocenters. The number of nitrogens with zero attached hydrogens (tertiary/aromatic N) is 3. The Morgan fingerprint density at radius 3 is 2.71 bits per heavy atom. The van der Waals surface area contributed by atoms with E-state index >= 15 is 0 Å². The molecule has 0 atom stereocenters. The molecular weight excluding hydrogens is 210 g/mol. The van der Waals surface area contributed by atoms with Gasteiger partial charge in [0.25, 0.3) is 0 Å². The summed E-state index contributed by atoms with van der Waals surface area (Å²) in [5.74, 6) is 1.08. The monoisotopic (exact) mass is 226 g/mol. The Labute approximate surface area is 102 Å². The van der Waals surface area contributed by atoms with Crippen LogP contribution >= 0.6 is 0 Å². The lowest BCUT2D eigenvalue weighted by Crippen LogP contribution is -2.44. The fourth-order valence-corrected chi connectivity index (χ4v) is 2.31. The lowest BCUT2D eigenvalue weighted by Gasteiger charge is -2.33. The van der Waals surface area contributed by atoms with Gasteiger partial charge >= 0.3 is 0 Å². The van der Waals surface area contributed by atoms with Crippen LogP contribution in [-0.4, -0.2) is 43.1 Å². The van der Waals surface area contributed by atoms with Crippen LogP contribution in [-0.2, 0) is 0 Å². The molecule has 0 bridgehead atoms. The van der Waals surface area contributed by atoms with E-state index in [9.17, 15) is 0 Å². The summed E-state index contributed by atoms with van der Waals surface area (Å²) in [5, 5.41) is 2.45. The summed E-state index contributed by atoms with van der Waals surface area (Å²) in [6.07, 6.45) is 3.01. The maximum absolute atomic E-state index is 4.44. The van der Waals surface area contributed by atoms with Crippen molar-refractivity contribution in [2.45, 2.75) is 0 Å². The average Bonchev–Trinajstić information content (AvgIpc) is 2.39. The maximum Gasteiger partial charge on any atom is 0.137 e. The number of rotatable bonds is 1. The van der Waals surface area contributed by atoms with E-state index in [1.165, 1.54) is 10.8 Å². The summed E-state index contributed by atoms with van der Waals surface area (Å²) >= 11 is 0. The minimum Gasteiger partial charge on any atom is -0.354 e. The molecule has 2 heterocycles. The van der Waals surface area contributed by atoms with Crippen LogP contribution in [0.15, 0.2) is 30.3 Å². The van der Waals surface area contributed by atoms with Crippen LogP contribution in [0.3, 0.4) is 0 Å². The average molecular weight is 226 g/mol. The first kappa shape index (κ1) is 10.5. The highest BCUT2D eigenvalue weighted by Crippen LogP contribution is 2.24. The van der Waals surface area contributed by atoms with Gasteiger partial charge < -0.3 is 9.80 Å². The second-order valence-electron chi connectivity index (χ2n) is 4.59. The van der Waals surface area contributed by atoms with Crippen molar-refractivity contribution >= 4 is 16.6 Å². The summed E-state index contributed by atoms with van der Waals surface area (Å²) in [4.78, 5) is 9.15. The standard InChI is InChI=1S/C14H16N3/c1-16-8-10-17(11-9-16)14-13-5-3-2-4-12(13)6-7-15-14/h2-6H,8-11H2,1H3. The Bertz CT molecular complexity index is 510. The van der Waals surface area contributed by atoms with E-state index < -0.39 is 0 Å². The van der Waals surface area contributed by atoms with Crippen LogP contribution < -0.4 is 4.90 Å². The van der Waals surface area contributed by atoms with Crippen LogP contribution in [0.5, 0.6) is 0 Å². The zero-order valence-corrected chi connectivity index (χ0v) is 10.1. The van der Waals surface area contributed by atoms with Crippen molar-refractivity contribution < 1.29 is 0 Å². The molecule has 1 radical (unpaired) electrons. The minimum absolute atomic E-state index is 1.05. The van der Waals surface area contributed by atoms with Crippen LogP contribution in [0.2, 0.25) is 0 Å². The number of piperazine rings is 1. The molecule has 1 saturated heterocycles. The number of aromatic nitrogens is 1. The highest BCUT2D eigenvalue weighted by atomic mass is 15.3. The minimum atomic E-state index is 1.05. The first-order chi connectivity index (χ1) is 8.34. The third kappa shape index (κ3) is 1.98. The lowest BCUT2D eigenvalue weighted by atomic mass is 10.1. The summed E-state index contributed by atoms with van der Waals surface area (Å²) in [6.45, 7) is 4.30. The van der Waals surface area contributed by atoms with Crippen LogP contribution in [0, 0.1) is 6.20 Å². The molecule has 0 aliphatic carbocycles. The van der Waals surface area contributed by atoms with Gasteiger partial charge in [-0.05, 0) is 18.5 Å². The Kier molecular flexibility index (Phi) is 2.69. The number of likely N-dealkylation sites (N-methyl/N-ethyl adjacent to an activating group) is 1. The van der Waals surface area contributed by atoms with Gasteiger partial charge in [0.05, 0.1) is 6.20 Å². The Morgan fingerprint density at radius 1 is 1.12 bits per heavy atom. The van der Waals surface area contributed by atoms with Gasteiger partial charge in [-0.15, -0.1) is 0 Å². The number of hydrogen-bond acceptors (Lipinski definition) is 3. The molecule has 1 aliphatic rings. The van der Waals surface area contributed by atoms with Gasteiger partial charge in [0.2, 0.25) is 0 Å². The number of hydrogen-bond donors (Lipinski definition) is 0. The van der Waals surface area contributed by atoms with Gasteiger partial charge in [-0.3, -0.25) is 0 Å². The Morgan fingerprint density at radius 2 is 1.88 bits per heavy atom. The fourth-order valence-electron chi connectivity index (χ4n) is 2.31. The summed E-state index contributed by atoms with van der Waals surface area (Å²) in [6, 6.07) is 10.3. The summed E-state index contributed by atoms with van der Waals surface area (Å²) < 4.78 is 0. The maximum atomic E-state index is 4.44. The molecule has 1 aromatic heterocycles. The highest BCUT2D eigenvalue weighted by molar-refractivity contribution is 5.91. The van der Waals surface area contributed by atoms with Crippen molar-refractivity contribution in [3.63, 3.8) is 0 Å². The quantitative estimate of drug-likeness (QED) is 0.739. The Hall–Kier alpha value is -1.61. The highest BCUT2D eigenvalue weighted by Gasteiger charge is 2.16. The van der Waals surface area contributed by atoms with Crippen molar-refractivity contribution in [2.75, 3.05) is 38.1 Å². The van der Waals surface area contributed by atoms with E-state index in [0.717, 1.165) is 32.0 Å². The van der Waals surface area contributed by atoms with Gasteiger partial charge in [-0.1, -0.05) is 24.3 Å². The summed E-state index contributed by atoms with van der Waals surface area (Å²) in [7, 11) is 2.17. The predicted octanol–water partition coefficient (Wildman–Crippen LogP) is 1.79. The van der Waals surface area contributed by atoms with Crippen LogP contribution in [0.4, 0.5) is 5.82 Å². The second-order valence-corrected chi connectivity index (χ2v) is 4.59. The SMILES string of the molecule is CN1CCN(c2n[c]cc3ccccc23)CC1. The lowest BCUT2D eigenvalue weighted by molar-refractivity contribution is 0.312. The van der Waals surface area contributed by atoms with Crippen LogP contribution in [0.1, 0.15) is 0 Å². The van der Waals surface area contributed by atoms with E-state index in [2.05, 4.69) is 52.3 Å². The van der Waals surface area contributed by atoms with Gasteiger partial charge in [0, 0.05) is 31.6 Å². The second kappa shape index (κ2) is 4.34. The molecule has 0 saturated carbocycles. The molecule has 87 valence electrons. The molecule has 0 N–H and O–H groups in total. The molecule has 3 rings (SSSR count). The Balaban J connectivity index is 2.00. The van der Waals surface area contributed by atoms with E-state index in [1.54, 1.807) is 0 Å². The molecule has 2 aromatic rings. The van der Waals surface area contributed by atoms with Crippen molar-refractivity contribution in [2.24, 2.45) is 0 Å². The smallest absolute Gasteiger partial charge is 0.137 e. The zero-order valence-electron chi connectivity index (χ0n) is 10.1. The van der Waals surface area contributed by atoms with Crippen LogP contribution in [0.25, 0.3) is 10.8 Å². The third-order valence-electron chi connectivity index (χ3n) is 3.40. The first-order valence-corrected chi connectivity index (χ1v) is 6.04. The van der Waals surface area contributed by atoms with Crippen molar-refractivity contribution in [3.8, 4) is 0 Å². The molecule has 1 aliphatic heterocycles. The molecule has 3 nitrogen and oxygen atoms in total. The molecular formula is C14H16N3. The number of benzene rings is 1. The first-order valence-electron chi connectivity index (χ1n) is 6.04. The van der Waals surface area contributed by atoms with E-state index in [-0.39, 0.29) is 0 Å². The van der Waals surface area contributed by atoms with Crippen molar-refractivity contribution in [1.29, 1.82) is 0 Å². The molecule has 3 heteroatoms. The molecule has 17 heavy (non-hydrogen) atoms. The van der Waals surface area contributed by atoms with E-state index in [4.69, 9.17) is 0 Å². The van der Waals surface area contributed by atoms with Gasteiger partial charge in [-0.25, -0.2) is 4.98 Å². The largest absolute Gasteiger partial charge is 0.354 e. The fraction of sp³-hybridized carbons (Fsp3) is 0.357. The zero-order chi connectivity index (χ0) is 11.7. The van der Waals surface area contributed by atoms with Crippen molar-refractivity contribution in [1.82, 2.24) is 9.88 Å². The number of pyridine rings is 1. The normalized spacial score (nSPS) is 17.6. The van der Waals surface area contributed by atoms with E-state index in [0.29, 0.717) is 0 Å². The van der Waals surface area contributed by atoms with Gasteiger partial charge in [0.1, 0.15) is 5.82 Å². The predicted molar refractivity (Wildman–Crippen MR) is 70.3 cm³/mol. The number of fused-ring (bicyclic) bond motifs is 1. The molecule has 0 spiro atoms. The third-order valence-corrected chi connectivity index (χ3v) is 3.40. The summed E-state index contributed by atoms with van der Waals surface area (Å²) in [5.41, 5.74) is 0. The molecule has 1 fully saturated rings. The van der Waals surface area contributed by atoms with Crippen molar-refractivity contribution in [3.05, 3.63) is 36.5 Å². The van der Waals surface area contributed by atoms with Gasteiger partial charge in [-0.2, -0.15) is 0 Å².